The van der Waals surface area contributed by atoms with Gasteiger partial charge in [0.2, 0.25) is 0 Å². The second kappa shape index (κ2) is 6.41. The Labute approximate surface area is 89.1 Å². The smallest absolute Gasteiger partial charge is 0.00223 e. The highest BCUT2D eigenvalue weighted by molar-refractivity contribution is 4.76. The van der Waals surface area contributed by atoms with Gasteiger partial charge in [0, 0.05) is 6.54 Å². The van der Waals surface area contributed by atoms with Crippen LogP contribution in [-0.4, -0.2) is 37.6 Å². The van der Waals surface area contributed by atoms with E-state index in [0.717, 1.165) is 18.4 Å². The molecular weight excluding hydrogens is 172 g/mol. The van der Waals surface area contributed by atoms with E-state index < -0.39 is 0 Å². The zero-order valence-corrected chi connectivity index (χ0v) is 10.1. The summed E-state index contributed by atoms with van der Waals surface area (Å²) in [6, 6.07) is 0. The van der Waals surface area contributed by atoms with Crippen molar-refractivity contribution in [1.29, 1.82) is 0 Å². The largest absolute Gasteiger partial charge is 0.317 e. The fourth-order valence-corrected chi connectivity index (χ4v) is 2.07. The van der Waals surface area contributed by atoms with Crippen LogP contribution in [0.3, 0.4) is 0 Å². The van der Waals surface area contributed by atoms with Crippen LogP contribution in [-0.2, 0) is 0 Å². The van der Waals surface area contributed by atoms with Crippen molar-refractivity contribution in [3.8, 4) is 0 Å². The summed E-state index contributed by atoms with van der Waals surface area (Å²) in [7, 11) is 0. The second-order valence-corrected chi connectivity index (χ2v) is 4.95. The Kier molecular flexibility index (Phi) is 5.49. The molecule has 0 spiro atoms. The van der Waals surface area contributed by atoms with Crippen LogP contribution in [0.2, 0.25) is 0 Å². The summed E-state index contributed by atoms with van der Waals surface area (Å²) in [6.07, 6.45) is 2.75. The summed E-state index contributed by atoms with van der Waals surface area (Å²) < 4.78 is 0. The lowest BCUT2D eigenvalue weighted by atomic mass is 10.1. The highest BCUT2D eigenvalue weighted by Gasteiger charge is 2.21. The van der Waals surface area contributed by atoms with Crippen molar-refractivity contribution in [3.05, 3.63) is 0 Å². The lowest BCUT2D eigenvalue weighted by Gasteiger charge is -2.17. The Hall–Kier alpha value is -0.0800. The van der Waals surface area contributed by atoms with E-state index in [1.165, 1.54) is 39.0 Å². The van der Waals surface area contributed by atoms with Gasteiger partial charge in [0.1, 0.15) is 0 Å². The first-order chi connectivity index (χ1) is 6.72. The van der Waals surface area contributed by atoms with Crippen molar-refractivity contribution in [1.82, 2.24) is 10.2 Å². The van der Waals surface area contributed by atoms with Gasteiger partial charge in [-0.2, -0.15) is 0 Å². The Morgan fingerprint density at radius 1 is 1.43 bits per heavy atom. The molecule has 1 N–H and O–H groups in total. The van der Waals surface area contributed by atoms with Gasteiger partial charge < -0.3 is 10.2 Å². The minimum atomic E-state index is 0.850. The van der Waals surface area contributed by atoms with E-state index in [1.807, 2.05) is 0 Å². The molecule has 0 amide bonds. The normalized spacial score (nSPS) is 23.6. The number of nitrogens with one attached hydrogen (secondary N) is 1. The molecular formula is C12H26N2. The molecule has 1 heterocycles. The molecule has 14 heavy (non-hydrogen) atoms. The maximum atomic E-state index is 3.45. The molecule has 1 fully saturated rings. The first kappa shape index (κ1) is 12.0. The second-order valence-electron chi connectivity index (χ2n) is 4.95. The van der Waals surface area contributed by atoms with Gasteiger partial charge in [0.05, 0.1) is 0 Å². The lowest BCUT2D eigenvalue weighted by Crippen LogP contribution is -2.27. The Morgan fingerprint density at radius 2 is 2.21 bits per heavy atom. The average molecular weight is 198 g/mol. The number of likely N-dealkylation sites (tertiary alicyclic amines) is 1. The highest BCUT2D eigenvalue weighted by Crippen LogP contribution is 2.16. The van der Waals surface area contributed by atoms with Crippen molar-refractivity contribution in [2.75, 3.05) is 32.7 Å². The molecule has 84 valence electrons. The van der Waals surface area contributed by atoms with E-state index >= 15 is 0 Å². The number of rotatable bonds is 6. The van der Waals surface area contributed by atoms with E-state index in [0.29, 0.717) is 0 Å². The molecule has 1 atom stereocenters. The van der Waals surface area contributed by atoms with Gasteiger partial charge >= 0.3 is 0 Å². The van der Waals surface area contributed by atoms with Crippen LogP contribution in [0.5, 0.6) is 0 Å². The average Bonchev–Trinajstić information content (AvgIpc) is 2.59. The molecule has 0 aromatic rings. The minimum Gasteiger partial charge on any atom is -0.317 e. The van der Waals surface area contributed by atoms with Crippen LogP contribution in [0.15, 0.2) is 0 Å². The monoisotopic (exact) mass is 198 g/mol. The van der Waals surface area contributed by atoms with Crippen LogP contribution in [0, 0.1) is 11.8 Å². The van der Waals surface area contributed by atoms with Gasteiger partial charge in [0.25, 0.3) is 0 Å². The molecule has 1 saturated heterocycles. The van der Waals surface area contributed by atoms with Crippen LogP contribution in [0.25, 0.3) is 0 Å². The third-order valence-electron chi connectivity index (χ3n) is 3.08. The summed E-state index contributed by atoms with van der Waals surface area (Å²) in [5.74, 6) is 1.75. The van der Waals surface area contributed by atoms with Crippen molar-refractivity contribution in [3.63, 3.8) is 0 Å². The van der Waals surface area contributed by atoms with Gasteiger partial charge in [-0.3, -0.25) is 0 Å². The Bertz CT molecular complexity index is 145. The Morgan fingerprint density at radius 3 is 2.86 bits per heavy atom. The van der Waals surface area contributed by atoms with E-state index in [-0.39, 0.29) is 0 Å². The summed E-state index contributed by atoms with van der Waals surface area (Å²) in [4.78, 5) is 2.63. The molecule has 2 heteroatoms. The van der Waals surface area contributed by atoms with Crippen LogP contribution in [0.1, 0.15) is 33.6 Å². The van der Waals surface area contributed by atoms with Gasteiger partial charge in [-0.15, -0.1) is 0 Å². The first-order valence-electron chi connectivity index (χ1n) is 6.15. The molecule has 1 aliphatic rings. The number of hydrogen-bond acceptors (Lipinski definition) is 2. The van der Waals surface area contributed by atoms with E-state index in [2.05, 4.69) is 31.0 Å². The highest BCUT2D eigenvalue weighted by atomic mass is 15.1. The predicted octanol–water partition coefficient (Wildman–Crippen LogP) is 1.96. The maximum Gasteiger partial charge on any atom is 0.00223 e. The maximum absolute atomic E-state index is 3.45. The topological polar surface area (TPSA) is 15.3 Å². The van der Waals surface area contributed by atoms with Crippen molar-refractivity contribution in [2.24, 2.45) is 11.8 Å². The fraction of sp³-hybridized carbons (Fsp3) is 1.00. The zero-order chi connectivity index (χ0) is 10.4. The first-order valence-corrected chi connectivity index (χ1v) is 6.15. The summed E-state index contributed by atoms with van der Waals surface area (Å²) in [5.41, 5.74) is 0. The molecule has 0 aromatic heterocycles. The molecule has 0 aromatic carbocycles. The molecule has 0 bridgehead atoms. The fourth-order valence-electron chi connectivity index (χ4n) is 2.07. The van der Waals surface area contributed by atoms with Crippen molar-refractivity contribution in [2.45, 2.75) is 33.6 Å². The summed E-state index contributed by atoms with van der Waals surface area (Å²) >= 11 is 0. The Balaban J connectivity index is 2.08. The molecule has 0 aliphatic carbocycles. The molecule has 2 nitrogen and oxygen atoms in total. The third kappa shape index (κ3) is 4.43. The molecule has 1 unspecified atom stereocenters. The SMILES string of the molecule is CCNCC1CCN(CCC(C)C)C1. The van der Waals surface area contributed by atoms with Crippen LogP contribution < -0.4 is 5.32 Å². The van der Waals surface area contributed by atoms with Crippen molar-refractivity contribution >= 4 is 0 Å². The van der Waals surface area contributed by atoms with E-state index in [4.69, 9.17) is 0 Å². The van der Waals surface area contributed by atoms with E-state index in [1.54, 1.807) is 0 Å². The quantitative estimate of drug-likeness (QED) is 0.702. The molecule has 1 aliphatic heterocycles. The summed E-state index contributed by atoms with van der Waals surface area (Å²) in [5, 5.41) is 3.45. The van der Waals surface area contributed by atoms with Gasteiger partial charge in [-0.1, -0.05) is 20.8 Å². The van der Waals surface area contributed by atoms with E-state index in [9.17, 15) is 0 Å². The zero-order valence-electron chi connectivity index (χ0n) is 10.1. The minimum absolute atomic E-state index is 0.850. The van der Waals surface area contributed by atoms with Gasteiger partial charge in [0.15, 0.2) is 0 Å². The number of hydrogen-bond donors (Lipinski definition) is 1. The van der Waals surface area contributed by atoms with Crippen LogP contribution >= 0.6 is 0 Å². The third-order valence-corrected chi connectivity index (χ3v) is 3.08. The standard InChI is InChI=1S/C12H26N2/c1-4-13-9-12-6-8-14(10-12)7-5-11(2)3/h11-13H,4-10H2,1-3H3. The molecule has 0 radical (unpaired) electrons. The van der Waals surface area contributed by atoms with Gasteiger partial charge in [-0.05, 0) is 50.9 Å². The molecule has 0 saturated carbocycles. The van der Waals surface area contributed by atoms with Gasteiger partial charge in [-0.25, -0.2) is 0 Å². The predicted molar refractivity (Wildman–Crippen MR) is 62.5 cm³/mol. The molecule has 1 rings (SSSR count). The van der Waals surface area contributed by atoms with Crippen LogP contribution in [0.4, 0.5) is 0 Å². The summed E-state index contributed by atoms with van der Waals surface area (Å²) in [6.45, 7) is 13.1. The number of nitrogens with zero attached hydrogens (tertiary/aromatic N) is 1. The van der Waals surface area contributed by atoms with Crippen molar-refractivity contribution < 1.29 is 0 Å². The lowest BCUT2D eigenvalue weighted by molar-refractivity contribution is 0.300.